The molecule has 1 amide bonds. The molecule has 0 aliphatic rings. The molecule has 0 fully saturated rings. The van der Waals surface area contributed by atoms with Crippen molar-refractivity contribution in [1.82, 2.24) is 4.72 Å². The van der Waals surface area contributed by atoms with Gasteiger partial charge in [-0.1, -0.05) is 0 Å². The van der Waals surface area contributed by atoms with Crippen LogP contribution in [0.2, 0.25) is 0 Å². The van der Waals surface area contributed by atoms with E-state index in [-0.39, 0.29) is 12.0 Å². The first-order valence-corrected chi connectivity index (χ1v) is 7.37. The SMILES string of the molecule is Cc1cc(S(=O)(=O)NC(C)CC(N)=O)cc(C(=O)O)c1F. The predicted octanol–water partition coefficient (Wildman–Crippen LogP) is 0.375. The van der Waals surface area contributed by atoms with E-state index < -0.39 is 44.2 Å². The smallest absolute Gasteiger partial charge is 0.338 e. The van der Waals surface area contributed by atoms with Crippen molar-refractivity contribution in [2.75, 3.05) is 0 Å². The van der Waals surface area contributed by atoms with Crippen molar-refractivity contribution in [3.05, 3.63) is 29.1 Å². The van der Waals surface area contributed by atoms with Gasteiger partial charge in [-0.15, -0.1) is 0 Å². The highest BCUT2D eigenvalue weighted by Crippen LogP contribution is 2.19. The van der Waals surface area contributed by atoms with E-state index in [0.29, 0.717) is 0 Å². The van der Waals surface area contributed by atoms with Gasteiger partial charge in [-0.05, 0) is 31.5 Å². The molecule has 9 heteroatoms. The molecule has 0 aliphatic heterocycles. The highest BCUT2D eigenvalue weighted by Gasteiger charge is 2.23. The normalized spacial score (nSPS) is 12.9. The predicted molar refractivity (Wildman–Crippen MR) is 71.7 cm³/mol. The third kappa shape index (κ3) is 4.23. The minimum atomic E-state index is -4.09. The molecule has 1 aromatic rings. The van der Waals surface area contributed by atoms with Gasteiger partial charge < -0.3 is 10.8 Å². The van der Waals surface area contributed by atoms with E-state index in [4.69, 9.17) is 10.8 Å². The molecule has 1 unspecified atom stereocenters. The van der Waals surface area contributed by atoms with E-state index in [2.05, 4.69) is 4.72 Å². The summed E-state index contributed by atoms with van der Waals surface area (Å²) in [6.45, 7) is 2.68. The number of primary amides is 1. The van der Waals surface area contributed by atoms with Crippen LogP contribution in [0.15, 0.2) is 17.0 Å². The topological polar surface area (TPSA) is 127 Å². The van der Waals surface area contributed by atoms with Gasteiger partial charge in [0, 0.05) is 12.5 Å². The third-order valence-corrected chi connectivity index (χ3v) is 4.20. The molecule has 116 valence electrons. The summed E-state index contributed by atoms with van der Waals surface area (Å²) in [4.78, 5) is 21.2. The van der Waals surface area contributed by atoms with Crippen LogP contribution in [0, 0.1) is 12.7 Å². The van der Waals surface area contributed by atoms with Crippen molar-refractivity contribution in [3.63, 3.8) is 0 Å². The maximum Gasteiger partial charge on any atom is 0.338 e. The number of amides is 1. The number of rotatable bonds is 6. The minimum absolute atomic E-state index is 0.113. The Kier molecular flexibility index (Phi) is 5.02. The lowest BCUT2D eigenvalue weighted by molar-refractivity contribution is -0.118. The molecule has 0 spiro atoms. The van der Waals surface area contributed by atoms with Gasteiger partial charge in [0.1, 0.15) is 5.82 Å². The zero-order valence-electron chi connectivity index (χ0n) is 11.4. The van der Waals surface area contributed by atoms with Gasteiger partial charge in [-0.2, -0.15) is 0 Å². The van der Waals surface area contributed by atoms with Gasteiger partial charge in [-0.25, -0.2) is 22.3 Å². The number of hydrogen-bond donors (Lipinski definition) is 3. The number of benzene rings is 1. The van der Waals surface area contributed by atoms with Gasteiger partial charge in [0.15, 0.2) is 0 Å². The number of nitrogens with one attached hydrogen (secondary N) is 1. The van der Waals surface area contributed by atoms with Crippen LogP contribution in [0.5, 0.6) is 0 Å². The second-order valence-corrected chi connectivity index (χ2v) is 6.31. The number of hydrogen-bond acceptors (Lipinski definition) is 4. The Morgan fingerprint density at radius 1 is 1.43 bits per heavy atom. The Labute approximate surface area is 121 Å². The van der Waals surface area contributed by atoms with Crippen molar-refractivity contribution in [3.8, 4) is 0 Å². The average Bonchev–Trinajstić information content (AvgIpc) is 2.29. The molecule has 1 atom stereocenters. The average molecular weight is 318 g/mol. The molecular weight excluding hydrogens is 303 g/mol. The summed E-state index contributed by atoms with van der Waals surface area (Å²) >= 11 is 0. The molecule has 4 N–H and O–H groups in total. The number of aromatic carboxylic acids is 1. The summed E-state index contributed by atoms with van der Waals surface area (Å²) in [6, 6.07) is 0.969. The lowest BCUT2D eigenvalue weighted by Gasteiger charge is -2.14. The second-order valence-electron chi connectivity index (χ2n) is 4.60. The summed E-state index contributed by atoms with van der Waals surface area (Å²) < 4.78 is 39.9. The highest BCUT2D eigenvalue weighted by molar-refractivity contribution is 7.89. The zero-order valence-corrected chi connectivity index (χ0v) is 12.2. The van der Waals surface area contributed by atoms with Gasteiger partial charge in [0.05, 0.1) is 10.5 Å². The van der Waals surface area contributed by atoms with E-state index >= 15 is 0 Å². The molecule has 1 rings (SSSR count). The maximum atomic E-state index is 13.6. The molecular formula is C12H15FN2O5S. The Morgan fingerprint density at radius 2 is 2.00 bits per heavy atom. The zero-order chi connectivity index (χ0) is 16.4. The van der Waals surface area contributed by atoms with E-state index in [9.17, 15) is 22.4 Å². The molecule has 0 bridgehead atoms. The second kappa shape index (κ2) is 6.19. The fourth-order valence-corrected chi connectivity index (χ4v) is 3.08. The number of halogens is 1. The Hall–Kier alpha value is -2.00. The summed E-state index contributed by atoms with van der Waals surface area (Å²) in [5.74, 6) is -3.25. The van der Waals surface area contributed by atoms with Crippen molar-refractivity contribution >= 4 is 21.9 Å². The number of aryl methyl sites for hydroxylation is 1. The quantitative estimate of drug-likeness (QED) is 0.698. The highest BCUT2D eigenvalue weighted by atomic mass is 32.2. The number of nitrogens with two attached hydrogens (primary N) is 1. The molecule has 0 radical (unpaired) electrons. The monoisotopic (exact) mass is 318 g/mol. The first-order valence-electron chi connectivity index (χ1n) is 5.88. The number of carboxylic acid groups (broad SMARTS) is 1. The van der Waals surface area contributed by atoms with Crippen LogP contribution >= 0.6 is 0 Å². The first-order chi connectivity index (χ1) is 9.54. The molecule has 7 nitrogen and oxygen atoms in total. The van der Waals surface area contributed by atoms with Crippen LogP contribution in [-0.4, -0.2) is 31.4 Å². The van der Waals surface area contributed by atoms with E-state index in [1.54, 1.807) is 0 Å². The largest absolute Gasteiger partial charge is 0.478 e. The Bertz CT molecular complexity index is 687. The lowest BCUT2D eigenvalue weighted by atomic mass is 10.1. The molecule has 0 heterocycles. The van der Waals surface area contributed by atoms with E-state index in [1.807, 2.05) is 0 Å². The van der Waals surface area contributed by atoms with Crippen LogP contribution in [-0.2, 0) is 14.8 Å². The summed E-state index contributed by atoms with van der Waals surface area (Å²) in [5, 5.41) is 8.86. The van der Waals surface area contributed by atoms with Crippen molar-refractivity contribution in [2.45, 2.75) is 31.2 Å². The molecule has 0 saturated carbocycles. The van der Waals surface area contributed by atoms with Crippen LogP contribution in [0.1, 0.15) is 29.3 Å². The molecule has 0 saturated heterocycles. The van der Waals surface area contributed by atoms with Crippen LogP contribution in [0.25, 0.3) is 0 Å². The van der Waals surface area contributed by atoms with Gasteiger partial charge >= 0.3 is 5.97 Å². The Balaban J connectivity index is 3.20. The van der Waals surface area contributed by atoms with Gasteiger partial charge in [-0.3, -0.25) is 4.79 Å². The van der Waals surface area contributed by atoms with E-state index in [1.165, 1.54) is 13.8 Å². The molecule has 0 aliphatic carbocycles. The molecule has 21 heavy (non-hydrogen) atoms. The maximum absolute atomic E-state index is 13.6. The van der Waals surface area contributed by atoms with Crippen molar-refractivity contribution in [2.24, 2.45) is 5.73 Å². The molecule has 0 aromatic heterocycles. The van der Waals surface area contributed by atoms with Gasteiger partial charge in [0.2, 0.25) is 15.9 Å². The van der Waals surface area contributed by atoms with Crippen molar-refractivity contribution in [1.29, 1.82) is 0 Å². The Morgan fingerprint density at radius 3 is 2.48 bits per heavy atom. The lowest BCUT2D eigenvalue weighted by Crippen LogP contribution is -2.35. The summed E-state index contributed by atoms with van der Waals surface area (Å²) in [5.41, 5.74) is 4.11. The summed E-state index contributed by atoms with van der Waals surface area (Å²) in [6.07, 6.45) is -0.217. The standard InChI is InChI=1S/C12H15FN2O5S/c1-6-3-8(5-9(11(6)13)12(17)18)21(19,20)15-7(2)4-10(14)16/h3,5,7,15H,4H2,1-2H3,(H2,14,16)(H,17,18). The van der Waals surface area contributed by atoms with Crippen LogP contribution < -0.4 is 10.5 Å². The van der Waals surface area contributed by atoms with Crippen LogP contribution in [0.4, 0.5) is 4.39 Å². The number of carbonyl (C=O) groups is 2. The van der Waals surface area contributed by atoms with Crippen LogP contribution in [0.3, 0.4) is 0 Å². The first kappa shape index (κ1) is 17.1. The third-order valence-electron chi connectivity index (χ3n) is 2.63. The van der Waals surface area contributed by atoms with Crippen molar-refractivity contribution < 1.29 is 27.5 Å². The molecule has 1 aromatic carbocycles. The fraction of sp³-hybridized carbons (Fsp3) is 0.333. The number of carboxylic acids is 1. The number of sulfonamides is 1. The fourth-order valence-electron chi connectivity index (χ4n) is 1.72. The van der Waals surface area contributed by atoms with E-state index in [0.717, 1.165) is 12.1 Å². The van der Waals surface area contributed by atoms with Gasteiger partial charge in [0.25, 0.3) is 0 Å². The number of carbonyl (C=O) groups excluding carboxylic acids is 1. The minimum Gasteiger partial charge on any atom is -0.478 e. The summed E-state index contributed by atoms with van der Waals surface area (Å²) in [7, 11) is -4.09.